The maximum Gasteiger partial charge on any atom is 4.00 e. The van der Waals surface area contributed by atoms with Crippen LogP contribution in [0.15, 0.2) is 65.6 Å². The van der Waals surface area contributed by atoms with E-state index in [1.165, 1.54) is 17.5 Å². The van der Waals surface area contributed by atoms with Gasteiger partial charge in [0, 0.05) is 5.56 Å². The van der Waals surface area contributed by atoms with Gasteiger partial charge in [0.25, 0.3) is 0 Å². The van der Waals surface area contributed by atoms with Crippen LogP contribution in [0, 0.1) is 4.91 Å². The second-order valence-electron chi connectivity index (χ2n) is 6.08. The molecule has 0 saturated carbocycles. The van der Waals surface area contributed by atoms with E-state index in [0.29, 0.717) is 46.5 Å². The Balaban J connectivity index is -0.000000578. The van der Waals surface area contributed by atoms with Crippen LogP contribution in [-0.2, 0) is 21.1 Å². The molecule has 0 saturated heterocycles. The number of benzene rings is 3. The molecule has 3 aromatic carbocycles. The van der Waals surface area contributed by atoms with Crippen LogP contribution in [0.3, 0.4) is 0 Å². The first-order valence-corrected chi connectivity index (χ1v) is 10.7. The van der Waals surface area contributed by atoms with Gasteiger partial charge < -0.3 is 57.6 Å². The topological polar surface area (TPSA) is 209 Å². The molecule has 4 rings (SSSR count). The first-order chi connectivity index (χ1) is 14.7. The number of hydrogen-bond donors (Lipinski definition) is 6. The molecule has 0 radical (unpaired) electrons. The first-order valence-electron chi connectivity index (χ1n) is 8.30. The first kappa shape index (κ1) is 43.5. The fraction of sp³-hybridized carbons (Fsp3) is 0. The average molecular weight is 940 g/mol. The molecule has 0 unspecified atom stereocenters. The van der Waals surface area contributed by atoms with Crippen molar-refractivity contribution < 1.29 is 105 Å². The van der Waals surface area contributed by atoms with Crippen LogP contribution in [0.1, 0.15) is 10.4 Å². The molecule has 0 aliphatic carbocycles. The zero-order valence-electron chi connectivity index (χ0n) is 18.6. The summed E-state index contributed by atoms with van der Waals surface area (Å²) in [6.45, 7) is 0. The number of fused-ring (bicyclic) bond motifs is 2. The predicted octanol–water partition coefficient (Wildman–Crippen LogP) is -1.59. The molecule has 1 heterocycles. The summed E-state index contributed by atoms with van der Waals surface area (Å²) in [5, 5.41) is 39.2. The van der Waals surface area contributed by atoms with Gasteiger partial charge in [0.2, 0.25) is 0 Å². The molecule has 37 heavy (non-hydrogen) atoms. The average Bonchev–Trinajstić information content (AvgIpc) is 2.74. The summed E-state index contributed by atoms with van der Waals surface area (Å²) in [5.74, 6) is -1.14. The fourth-order valence-electron chi connectivity index (χ4n) is 3.14. The van der Waals surface area contributed by atoms with Gasteiger partial charge in [-0.2, -0.15) is 0 Å². The SMILES string of the molecule is N.N.O=C(O)c1ccccc1-c1c2ccc(O)c(Br)c2[o+]c2c(Br)c(O)c(Br)cc12.O=NO.[Cl-].[Cl-].[Na+].[Pt+4]. The minimum atomic E-state index is -1.06. The summed E-state index contributed by atoms with van der Waals surface area (Å²) in [6.07, 6.45) is 0. The van der Waals surface area contributed by atoms with Crippen molar-refractivity contribution in [3.05, 3.63) is 66.4 Å². The monoisotopic (exact) mass is 936 g/mol. The van der Waals surface area contributed by atoms with Gasteiger partial charge in [-0.25, -0.2) is 9.21 Å². The summed E-state index contributed by atoms with van der Waals surface area (Å²) >= 11 is 10.0. The van der Waals surface area contributed by atoms with E-state index < -0.39 is 5.97 Å². The smallest absolute Gasteiger partial charge is 1.00 e. The van der Waals surface area contributed by atoms with E-state index in [1.54, 1.807) is 30.3 Å². The quantitative estimate of drug-likeness (QED) is 0.0450. The van der Waals surface area contributed by atoms with E-state index in [4.69, 9.17) is 14.5 Å². The van der Waals surface area contributed by atoms with Crippen molar-refractivity contribution in [1.82, 2.24) is 12.3 Å². The Kier molecular flexibility index (Phi) is 21.9. The minimum Gasteiger partial charge on any atom is -1.00 e. The van der Waals surface area contributed by atoms with E-state index in [2.05, 4.69) is 47.8 Å². The number of carbonyl (C=O) groups is 1. The Morgan fingerprint density at radius 1 is 0.892 bits per heavy atom. The number of carboxylic acid groups (broad SMARTS) is 1. The number of rotatable bonds is 2. The Hall–Kier alpha value is -0.572. The number of phenolic OH excluding ortho intramolecular Hbond substituents is 2. The molecular weight excluding hydrogens is 923 g/mol. The number of nitrogens with zero attached hydrogens (tertiary/aromatic N) is 1. The number of carboxylic acids is 1. The molecule has 4 aromatic rings. The molecule has 0 aliphatic rings. The van der Waals surface area contributed by atoms with Crippen molar-refractivity contribution >= 4 is 75.7 Å². The number of phenols is 2. The van der Waals surface area contributed by atoms with Crippen molar-refractivity contribution in [2.24, 2.45) is 5.34 Å². The summed E-state index contributed by atoms with van der Waals surface area (Å²) in [6, 6.07) is 11.5. The molecule has 196 valence electrons. The Labute approximate surface area is 284 Å². The number of hydrogen-bond acceptors (Lipinski definition) is 7. The standard InChI is InChI=1S/C20H9Br3O5.2ClH.HNO2.2H3N.Na.Pt/c21-12-7-11-14(8-3-1-2-4-9(8)20(26)27)10-5-6-13(24)15(22)18(10)28-19(11)16(23)17(12)25;;;2-1-3;;;;/h1-7H,(H2-,24,25,26,27);2*1H;(H,2,3);2*1H3;;/q;;;;;;+1;+4/p-1. The predicted molar refractivity (Wildman–Crippen MR) is 135 cm³/mol. The molecule has 10 nitrogen and oxygen atoms in total. The van der Waals surface area contributed by atoms with Crippen LogP contribution in [0.25, 0.3) is 33.1 Å². The van der Waals surface area contributed by atoms with Crippen LogP contribution < -0.4 is 66.7 Å². The summed E-state index contributed by atoms with van der Waals surface area (Å²) in [7, 11) is 0. The third kappa shape index (κ3) is 8.71. The molecule has 10 N–H and O–H groups in total. The number of halogens is 5. The molecule has 0 fully saturated rings. The van der Waals surface area contributed by atoms with Crippen LogP contribution in [0.4, 0.5) is 0 Å². The molecule has 0 spiro atoms. The van der Waals surface area contributed by atoms with Gasteiger partial charge in [-0.1, -0.05) is 18.2 Å². The molecule has 0 atom stereocenters. The maximum absolute atomic E-state index is 11.8. The van der Waals surface area contributed by atoms with Crippen molar-refractivity contribution in [2.75, 3.05) is 0 Å². The number of aromatic hydroxyl groups is 2. The molecule has 1 aromatic heterocycles. The van der Waals surface area contributed by atoms with Crippen molar-refractivity contribution in [2.45, 2.75) is 0 Å². The summed E-state index contributed by atoms with van der Waals surface area (Å²) in [5.41, 5.74) is 1.86. The zero-order chi connectivity index (χ0) is 22.9. The normalized spacial score (nSPS) is 8.84. The molecule has 17 heteroatoms. The van der Waals surface area contributed by atoms with Gasteiger partial charge in [0.15, 0.2) is 20.0 Å². The Morgan fingerprint density at radius 3 is 1.95 bits per heavy atom. The van der Waals surface area contributed by atoms with Gasteiger partial charge in [-0.3, -0.25) is 0 Å². The molecule has 0 bridgehead atoms. The third-order valence-corrected chi connectivity index (χ3v) is 6.50. The third-order valence-electron chi connectivity index (χ3n) is 4.40. The van der Waals surface area contributed by atoms with Gasteiger partial charge in [-0.05, 0) is 77.6 Å². The van der Waals surface area contributed by atoms with E-state index in [0.717, 1.165) is 0 Å². The van der Waals surface area contributed by atoms with E-state index in [-0.39, 0.29) is 105 Å². The van der Waals surface area contributed by atoms with Crippen molar-refractivity contribution in [1.29, 1.82) is 0 Å². The summed E-state index contributed by atoms with van der Waals surface area (Å²) in [4.78, 5) is 20.0. The van der Waals surface area contributed by atoms with E-state index >= 15 is 0 Å². The van der Waals surface area contributed by atoms with Crippen LogP contribution in [0.5, 0.6) is 11.5 Å². The van der Waals surface area contributed by atoms with Gasteiger partial charge in [-0.15, -0.1) is 4.91 Å². The minimum absolute atomic E-state index is 0. The van der Waals surface area contributed by atoms with Crippen LogP contribution >= 0.6 is 47.8 Å². The summed E-state index contributed by atoms with van der Waals surface area (Å²) < 4.78 is 7.07. The molecule has 0 aliphatic heterocycles. The van der Waals surface area contributed by atoms with Gasteiger partial charge in [0.1, 0.15) is 5.75 Å². The van der Waals surface area contributed by atoms with Gasteiger partial charge >= 0.3 is 67.8 Å². The van der Waals surface area contributed by atoms with E-state index in [9.17, 15) is 20.1 Å². The second kappa shape index (κ2) is 18.7. The fourth-order valence-corrected chi connectivity index (χ4v) is 4.77. The zero-order valence-corrected chi connectivity index (χ0v) is 29.2. The molecule has 0 amide bonds. The molecular formula is C20H17Br3Cl2N3NaO7Pt+4. The van der Waals surface area contributed by atoms with Crippen molar-refractivity contribution in [3.63, 3.8) is 0 Å². The van der Waals surface area contributed by atoms with Crippen molar-refractivity contribution in [3.8, 4) is 22.6 Å². The maximum atomic E-state index is 11.8. The Morgan fingerprint density at radius 2 is 1.41 bits per heavy atom. The second-order valence-corrected chi connectivity index (χ2v) is 8.52. The Bertz CT molecular complexity index is 1390. The van der Waals surface area contributed by atoms with Crippen LogP contribution in [0.2, 0.25) is 0 Å². The van der Waals surface area contributed by atoms with Crippen LogP contribution in [-0.4, -0.2) is 26.5 Å². The number of aromatic carboxylic acids is 1. The largest absolute Gasteiger partial charge is 4.00 e. The van der Waals surface area contributed by atoms with Gasteiger partial charge in [0.05, 0.1) is 20.8 Å². The van der Waals surface area contributed by atoms with E-state index in [1.807, 2.05) is 0 Å².